The number of halogens is 3. The molecule has 20 heavy (non-hydrogen) atoms. The van der Waals surface area contributed by atoms with Crippen LogP contribution in [0.3, 0.4) is 0 Å². The van der Waals surface area contributed by atoms with E-state index < -0.39 is 12.7 Å². The van der Waals surface area contributed by atoms with Gasteiger partial charge in [0.15, 0.2) is 0 Å². The van der Waals surface area contributed by atoms with Crippen LogP contribution in [0.2, 0.25) is 0 Å². The Hall–Kier alpha value is -1.27. The number of nitrogens with one attached hydrogen (secondary N) is 1. The monoisotopic (exact) mass is 287 g/mol. The summed E-state index contributed by atoms with van der Waals surface area (Å²) in [5.74, 6) is 0. The highest BCUT2D eigenvalue weighted by Crippen LogP contribution is 2.15. The van der Waals surface area contributed by atoms with Crippen molar-refractivity contribution in [3.63, 3.8) is 0 Å². The highest BCUT2D eigenvalue weighted by Gasteiger charge is 2.26. The quantitative estimate of drug-likeness (QED) is 0.835. The molecular weight excluding hydrogens is 267 g/mol. The molecule has 0 amide bonds. The van der Waals surface area contributed by atoms with Gasteiger partial charge >= 0.3 is 6.18 Å². The van der Waals surface area contributed by atoms with Crippen LogP contribution in [-0.4, -0.2) is 56.9 Å². The Morgan fingerprint density at radius 1 is 1.00 bits per heavy atom. The van der Waals surface area contributed by atoms with E-state index in [0.29, 0.717) is 13.1 Å². The minimum Gasteiger partial charge on any atom is -0.369 e. The van der Waals surface area contributed by atoms with Gasteiger partial charge in [-0.3, -0.25) is 4.90 Å². The van der Waals surface area contributed by atoms with Gasteiger partial charge in [0, 0.05) is 45.0 Å². The van der Waals surface area contributed by atoms with Crippen LogP contribution in [0.1, 0.15) is 0 Å². The fourth-order valence-corrected chi connectivity index (χ4v) is 2.34. The molecule has 0 radical (unpaired) electrons. The van der Waals surface area contributed by atoms with Gasteiger partial charge in [-0.15, -0.1) is 0 Å². The molecule has 1 aliphatic heterocycles. The van der Waals surface area contributed by atoms with E-state index >= 15 is 0 Å². The average molecular weight is 287 g/mol. The third-order valence-electron chi connectivity index (χ3n) is 3.42. The number of hydrogen-bond donors (Lipinski definition) is 1. The molecule has 0 spiro atoms. The lowest BCUT2D eigenvalue weighted by molar-refractivity contribution is -0.124. The zero-order valence-corrected chi connectivity index (χ0v) is 11.4. The molecule has 0 aromatic heterocycles. The van der Waals surface area contributed by atoms with Crippen molar-refractivity contribution in [2.45, 2.75) is 6.18 Å². The first-order valence-corrected chi connectivity index (χ1v) is 6.84. The van der Waals surface area contributed by atoms with Crippen LogP contribution in [0.15, 0.2) is 30.3 Å². The van der Waals surface area contributed by atoms with Crippen molar-refractivity contribution in [2.24, 2.45) is 0 Å². The summed E-state index contributed by atoms with van der Waals surface area (Å²) in [5.41, 5.74) is 1.21. The Morgan fingerprint density at radius 3 is 2.25 bits per heavy atom. The van der Waals surface area contributed by atoms with Crippen molar-refractivity contribution in [3.05, 3.63) is 30.3 Å². The summed E-state index contributed by atoms with van der Waals surface area (Å²) in [6, 6.07) is 10.2. The Bertz CT molecular complexity index is 386. The molecular formula is C14H20F3N3. The molecule has 1 N–H and O–H groups in total. The lowest BCUT2D eigenvalue weighted by Gasteiger charge is -2.36. The van der Waals surface area contributed by atoms with E-state index in [2.05, 4.69) is 27.2 Å². The molecule has 112 valence electrons. The molecule has 1 heterocycles. The maximum absolute atomic E-state index is 12.0. The lowest BCUT2D eigenvalue weighted by Crippen LogP contribution is -2.48. The summed E-state index contributed by atoms with van der Waals surface area (Å²) in [7, 11) is 0. The SMILES string of the molecule is FC(F)(F)CNCCN1CCN(c2ccccc2)CC1. The molecule has 0 aliphatic carbocycles. The number of benzene rings is 1. The summed E-state index contributed by atoms with van der Waals surface area (Å²) in [6.07, 6.45) is -4.12. The number of anilines is 1. The van der Waals surface area contributed by atoms with Gasteiger partial charge in [0.2, 0.25) is 0 Å². The van der Waals surface area contributed by atoms with Crippen molar-refractivity contribution in [1.29, 1.82) is 0 Å². The lowest BCUT2D eigenvalue weighted by atomic mass is 10.2. The summed E-state index contributed by atoms with van der Waals surface area (Å²) in [4.78, 5) is 4.50. The third-order valence-corrected chi connectivity index (χ3v) is 3.42. The zero-order chi connectivity index (χ0) is 14.4. The number of piperazine rings is 1. The van der Waals surface area contributed by atoms with Crippen molar-refractivity contribution in [3.8, 4) is 0 Å². The van der Waals surface area contributed by atoms with Gasteiger partial charge < -0.3 is 10.2 Å². The smallest absolute Gasteiger partial charge is 0.369 e. The van der Waals surface area contributed by atoms with Crippen molar-refractivity contribution >= 4 is 5.69 Å². The molecule has 2 rings (SSSR count). The first-order chi connectivity index (χ1) is 9.54. The van der Waals surface area contributed by atoms with Crippen molar-refractivity contribution < 1.29 is 13.2 Å². The van der Waals surface area contributed by atoms with Crippen LogP contribution in [-0.2, 0) is 0 Å². The Labute approximate surface area is 117 Å². The normalized spacial score (nSPS) is 17.4. The van der Waals surface area contributed by atoms with E-state index in [9.17, 15) is 13.2 Å². The Balaban J connectivity index is 1.65. The molecule has 0 atom stereocenters. The van der Waals surface area contributed by atoms with E-state index in [1.165, 1.54) is 5.69 Å². The second kappa shape index (κ2) is 6.95. The van der Waals surface area contributed by atoms with Gasteiger partial charge in [0.1, 0.15) is 0 Å². The Kier molecular flexibility index (Phi) is 5.25. The number of para-hydroxylation sites is 1. The highest BCUT2D eigenvalue weighted by molar-refractivity contribution is 5.46. The second-order valence-corrected chi connectivity index (χ2v) is 4.96. The molecule has 0 unspecified atom stereocenters. The molecule has 1 saturated heterocycles. The van der Waals surface area contributed by atoms with Gasteiger partial charge in [0.25, 0.3) is 0 Å². The van der Waals surface area contributed by atoms with Crippen LogP contribution in [0.4, 0.5) is 18.9 Å². The minimum absolute atomic E-state index is 0.380. The van der Waals surface area contributed by atoms with Crippen LogP contribution in [0, 0.1) is 0 Å². The molecule has 3 nitrogen and oxygen atoms in total. The van der Waals surface area contributed by atoms with Crippen molar-refractivity contribution in [1.82, 2.24) is 10.2 Å². The fourth-order valence-electron chi connectivity index (χ4n) is 2.34. The first-order valence-electron chi connectivity index (χ1n) is 6.84. The molecule has 1 aromatic carbocycles. The van der Waals surface area contributed by atoms with E-state index in [-0.39, 0.29) is 0 Å². The summed E-state index contributed by atoms with van der Waals surface area (Å²) < 4.78 is 35.9. The Morgan fingerprint density at radius 2 is 1.65 bits per heavy atom. The maximum Gasteiger partial charge on any atom is 0.401 e. The fraction of sp³-hybridized carbons (Fsp3) is 0.571. The van der Waals surface area contributed by atoms with Crippen LogP contribution in [0.5, 0.6) is 0 Å². The second-order valence-electron chi connectivity index (χ2n) is 4.96. The van der Waals surface area contributed by atoms with Crippen LogP contribution >= 0.6 is 0 Å². The molecule has 1 aliphatic rings. The van der Waals surface area contributed by atoms with Crippen LogP contribution < -0.4 is 10.2 Å². The molecule has 1 aromatic rings. The zero-order valence-electron chi connectivity index (χ0n) is 11.4. The molecule has 1 fully saturated rings. The number of rotatable bonds is 5. The van der Waals surface area contributed by atoms with Gasteiger partial charge in [-0.05, 0) is 12.1 Å². The van der Waals surface area contributed by atoms with Crippen molar-refractivity contribution in [2.75, 3.05) is 50.7 Å². The largest absolute Gasteiger partial charge is 0.401 e. The van der Waals surface area contributed by atoms with E-state index in [1.807, 2.05) is 18.2 Å². The van der Waals surface area contributed by atoms with Gasteiger partial charge in [-0.25, -0.2) is 0 Å². The topological polar surface area (TPSA) is 18.5 Å². The van der Waals surface area contributed by atoms with Gasteiger partial charge in [0.05, 0.1) is 6.54 Å². The minimum atomic E-state index is -4.12. The standard InChI is InChI=1S/C14H20F3N3/c15-14(16,17)12-18-6-7-19-8-10-20(11-9-19)13-4-2-1-3-5-13/h1-5,18H,6-12H2. The number of alkyl halides is 3. The molecule has 0 bridgehead atoms. The predicted octanol–water partition coefficient (Wildman–Crippen LogP) is 1.96. The first kappa shape index (κ1) is 15.1. The molecule has 6 heteroatoms. The number of nitrogens with zero attached hydrogens (tertiary/aromatic N) is 2. The summed E-state index contributed by atoms with van der Waals surface area (Å²) >= 11 is 0. The van der Waals surface area contributed by atoms with Crippen LogP contribution in [0.25, 0.3) is 0 Å². The average Bonchev–Trinajstić information content (AvgIpc) is 2.44. The van der Waals surface area contributed by atoms with Gasteiger partial charge in [-0.2, -0.15) is 13.2 Å². The van der Waals surface area contributed by atoms with E-state index in [4.69, 9.17) is 0 Å². The van der Waals surface area contributed by atoms with Gasteiger partial charge in [-0.1, -0.05) is 18.2 Å². The number of hydrogen-bond acceptors (Lipinski definition) is 3. The summed E-state index contributed by atoms with van der Waals surface area (Å²) in [5, 5.41) is 2.44. The van der Waals surface area contributed by atoms with E-state index in [0.717, 1.165) is 26.2 Å². The maximum atomic E-state index is 12.0. The third kappa shape index (κ3) is 5.02. The van der Waals surface area contributed by atoms with E-state index in [1.54, 1.807) is 0 Å². The predicted molar refractivity (Wildman–Crippen MR) is 74.0 cm³/mol. The molecule has 0 saturated carbocycles. The summed E-state index contributed by atoms with van der Waals surface area (Å²) in [6.45, 7) is 3.76. The highest BCUT2D eigenvalue weighted by atomic mass is 19.4.